The largest absolute Gasteiger partial charge is 0.492 e. The number of carbonyl (C=O) groups is 1. The lowest BCUT2D eigenvalue weighted by Crippen LogP contribution is -2.37. The van der Waals surface area contributed by atoms with Gasteiger partial charge in [0.25, 0.3) is 5.91 Å². The van der Waals surface area contributed by atoms with Crippen LogP contribution >= 0.6 is 0 Å². The zero-order chi connectivity index (χ0) is 21.0. The van der Waals surface area contributed by atoms with E-state index in [-0.39, 0.29) is 12.5 Å². The van der Waals surface area contributed by atoms with Crippen molar-refractivity contribution in [2.45, 2.75) is 19.3 Å². The zero-order valence-electron chi connectivity index (χ0n) is 17.4. The topological polar surface area (TPSA) is 76.6 Å². The van der Waals surface area contributed by atoms with E-state index in [4.69, 9.17) is 9.47 Å². The summed E-state index contributed by atoms with van der Waals surface area (Å²) in [5, 5.41) is 12.0. The van der Waals surface area contributed by atoms with Gasteiger partial charge in [-0.1, -0.05) is 12.1 Å². The minimum absolute atomic E-state index is 0.0865. The molecule has 160 valence electrons. The Morgan fingerprint density at radius 3 is 2.97 bits per heavy atom. The number of aromatic nitrogens is 2. The lowest BCUT2D eigenvalue weighted by molar-refractivity contribution is -0.118. The summed E-state index contributed by atoms with van der Waals surface area (Å²) < 4.78 is 11.5. The van der Waals surface area contributed by atoms with Crippen LogP contribution in [0.4, 0.5) is 5.69 Å². The van der Waals surface area contributed by atoms with Crippen molar-refractivity contribution < 1.29 is 14.3 Å². The van der Waals surface area contributed by atoms with Gasteiger partial charge in [0.15, 0.2) is 6.61 Å². The smallest absolute Gasteiger partial charge is 0.262 e. The molecule has 2 aliphatic heterocycles. The van der Waals surface area contributed by atoms with Crippen LogP contribution in [0.3, 0.4) is 0 Å². The van der Waals surface area contributed by atoms with Gasteiger partial charge in [-0.25, -0.2) is 0 Å². The van der Waals surface area contributed by atoms with Crippen molar-refractivity contribution in [3.63, 3.8) is 0 Å². The molecule has 7 heteroatoms. The van der Waals surface area contributed by atoms with Gasteiger partial charge >= 0.3 is 0 Å². The van der Waals surface area contributed by atoms with E-state index in [0.717, 1.165) is 54.1 Å². The summed E-state index contributed by atoms with van der Waals surface area (Å²) in [6.45, 7) is 3.85. The second-order valence-electron chi connectivity index (χ2n) is 8.23. The van der Waals surface area contributed by atoms with Crippen molar-refractivity contribution >= 4 is 22.5 Å². The number of likely N-dealkylation sites (tertiary alicyclic amines) is 1. The van der Waals surface area contributed by atoms with Crippen molar-refractivity contribution in [3.8, 4) is 11.5 Å². The van der Waals surface area contributed by atoms with E-state index in [2.05, 4.69) is 32.5 Å². The predicted octanol–water partition coefficient (Wildman–Crippen LogP) is 3.29. The highest BCUT2D eigenvalue weighted by atomic mass is 16.5. The summed E-state index contributed by atoms with van der Waals surface area (Å²) in [6.07, 6.45) is 5.07. The third kappa shape index (κ3) is 4.61. The number of benzene rings is 2. The predicted molar refractivity (Wildman–Crippen MR) is 118 cm³/mol. The number of amides is 1. The average Bonchev–Trinajstić information content (AvgIpc) is 2.80. The molecule has 5 rings (SSSR count). The summed E-state index contributed by atoms with van der Waals surface area (Å²) in [5.74, 6) is 2.20. The Morgan fingerprint density at radius 1 is 1.16 bits per heavy atom. The molecule has 2 aromatic carbocycles. The van der Waals surface area contributed by atoms with Crippen LogP contribution in [-0.4, -0.2) is 53.9 Å². The highest BCUT2D eigenvalue weighted by Crippen LogP contribution is 2.31. The van der Waals surface area contributed by atoms with E-state index >= 15 is 0 Å². The third-order valence-electron chi connectivity index (χ3n) is 6.09. The average molecular weight is 418 g/mol. The molecule has 0 saturated carbocycles. The van der Waals surface area contributed by atoms with Gasteiger partial charge in [-0.2, -0.15) is 10.2 Å². The summed E-state index contributed by atoms with van der Waals surface area (Å²) in [7, 11) is 0. The fraction of sp³-hybridized carbons (Fsp3) is 0.375. The first kappa shape index (κ1) is 19.8. The maximum atomic E-state index is 11.5. The minimum Gasteiger partial charge on any atom is -0.492 e. The summed E-state index contributed by atoms with van der Waals surface area (Å²) in [6, 6.07) is 14.0. The van der Waals surface area contributed by atoms with Gasteiger partial charge in [0.1, 0.15) is 18.1 Å². The second kappa shape index (κ2) is 8.89. The van der Waals surface area contributed by atoms with Gasteiger partial charge in [0.2, 0.25) is 0 Å². The molecule has 1 N–H and O–H groups in total. The zero-order valence-corrected chi connectivity index (χ0v) is 17.4. The Bertz CT molecular complexity index is 1070. The normalized spacial score (nSPS) is 17.1. The van der Waals surface area contributed by atoms with Crippen LogP contribution in [0, 0.1) is 5.92 Å². The molecule has 2 aliphatic rings. The molecule has 7 nitrogen and oxygen atoms in total. The Kier molecular flexibility index (Phi) is 5.67. The summed E-state index contributed by atoms with van der Waals surface area (Å²) in [4.78, 5) is 14.0. The molecule has 0 unspecified atom stereocenters. The molecular weight excluding hydrogens is 392 g/mol. The van der Waals surface area contributed by atoms with Crippen LogP contribution in [0.5, 0.6) is 11.5 Å². The molecule has 0 atom stereocenters. The number of carbonyl (C=O) groups excluding carboxylic acids is 1. The molecular formula is C24H26N4O3. The number of hydrogen-bond acceptors (Lipinski definition) is 6. The fourth-order valence-corrected chi connectivity index (χ4v) is 4.41. The summed E-state index contributed by atoms with van der Waals surface area (Å²) >= 11 is 0. The van der Waals surface area contributed by atoms with Gasteiger partial charge in [0, 0.05) is 11.9 Å². The molecule has 0 spiro atoms. The molecule has 1 amide bonds. The number of piperidine rings is 1. The lowest BCUT2D eigenvalue weighted by Gasteiger charge is -2.32. The molecule has 0 aliphatic carbocycles. The van der Waals surface area contributed by atoms with Crippen LogP contribution in [0.15, 0.2) is 48.7 Å². The quantitative estimate of drug-likeness (QED) is 0.662. The van der Waals surface area contributed by atoms with E-state index in [0.29, 0.717) is 12.5 Å². The van der Waals surface area contributed by atoms with Gasteiger partial charge in [-0.3, -0.25) is 9.69 Å². The number of ether oxygens (including phenoxy) is 2. The molecule has 3 heterocycles. The minimum atomic E-state index is -0.0865. The van der Waals surface area contributed by atoms with Crippen LogP contribution in [0.25, 0.3) is 10.9 Å². The van der Waals surface area contributed by atoms with E-state index in [1.807, 2.05) is 30.3 Å². The molecule has 1 saturated heterocycles. The Morgan fingerprint density at radius 2 is 2.06 bits per heavy atom. The molecule has 1 aromatic heterocycles. The number of nitrogens with one attached hydrogen (secondary N) is 1. The molecule has 0 radical (unpaired) electrons. The lowest BCUT2D eigenvalue weighted by atomic mass is 9.90. The second-order valence-corrected chi connectivity index (χ2v) is 8.23. The maximum absolute atomic E-state index is 11.5. The number of nitrogens with zero attached hydrogens (tertiary/aromatic N) is 3. The van der Waals surface area contributed by atoms with Gasteiger partial charge in [0.05, 0.1) is 17.4 Å². The molecule has 31 heavy (non-hydrogen) atoms. The van der Waals surface area contributed by atoms with Crippen LogP contribution in [0.1, 0.15) is 18.4 Å². The third-order valence-corrected chi connectivity index (χ3v) is 6.09. The number of hydrogen-bond donors (Lipinski definition) is 1. The fourth-order valence-electron chi connectivity index (χ4n) is 4.41. The number of rotatable bonds is 6. The van der Waals surface area contributed by atoms with E-state index in [9.17, 15) is 4.79 Å². The van der Waals surface area contributed by atoms with Gasteiger partial charge in [-0.15, -0.1) is 0 Å². The monoisotopic (exact) mass is 418 g/mol. The first-order valence-corrected chi connectivity index (χ1v) is 10.9. The van der Waals surface area contributed by atoms with Crippen molar-refractivity contribution in [1.82, 2.24) is 15.1 Å². The number of fused-ring (bicyclic) bond motifs is 2. The van der Waals surface area contributed by atoms with Crippen molar-refractivity contribution in [2.75, 3.05) is 38.2 Å². The number of anilines is 1. The molecule has 3 aromatic rings. The van der Waals surface area contributed by atoms with Crippen molar-refractivity contribution in [2.24, 2.45) is 5.92 Å². The Hall–Kier alpha value is -3.19. The van der Waals surface area contributed by atoms with Crippen LogP contribution < -0.4 is 14.8 Å². The maximum Gasteiger partial charge on any atom is 0.262 e. The molecule has 0 bridgehead atoms. The SMILES string of the molecule is O=C1COc2ccc(CC3CCN(CCOc4cccc5nnccc45)CC3)cc2N1. The van der Waals surface area contributed by atoms with E-state index in [1.54, 1.807) is 6.20 Å². The standard InChI is InChI=1S/C24H26N4O3/c29-24-16-31-23-5-4-18(15-21(23)26-24)14-17-7-10-28(11-8-17)12-13-30-22-3-1-2-20-19(22)6-9-25-27-20/h1-6,9,15,17H,7-8,10-14,16H2,(H,26,29). The molecule has 1 fully saturated rings. The van der Waals surface area contributed by atoms with E-state index in [1.165, 1.54) is 18.4 Å². The summed E-state index contributed by atoms with van der Waals surface area (Å²) in [5.41, 5.74) is 2.90. The van der Waals surface area contributed by atoms with Gasteiger partial charge in [-0.05, 0) is 74.2 Å². The Labute approximate surface area is 181 Å². The van der Waals surface area contributed by atoms with Crippen molar-refractivity contribution in [3.05, 3.63) is 54.2 Å². The highest BCUT2D eigenvalue weighted by Gasteiger charge is 2.21. The van der Waals surface area contributed by atoms with Crippen LogP contribution in [-0.2, 0) is 11.2 Å². The first-order valence-electron chi connectivity index (χ1n) is 10.9. The first-order chi connectivity index (χ1) is 15.2. The van der Waals surface area contributed by atoms with Crippen LogP contribution in [0.2, 0.25) is 0 Å². The van der Waals surface area contributed by atoms with Crippen molar-refractivity contribution in [1.29, 1.82) is 0 Å². The van der Waals surface area contributed by atoms with Gasteiger partial charge < -0.3 is 14.8 Å². The van der Waals surface area contributed by atoms with E-state index < -0.39 is 0 Å². The Balaban J connectivity index is 1.09. The highest BCUT2D eigenvalue weighted by molar-refractivity contribution is 5.95.